The summed E-state index contributed by atoms with van der Waals surface area (Å²) in [6.45, 7) is 2.55. The van der Waals surface area contributed by atoms with Crippen LogP contribution >= 0.6 is 0 Å². The van der Waals surface area contributed by atoms with Gasteiger partial charge in [-0.15, -0.1) is 0 Å². The van der Waals surface area contributed by atoms with Gasteiger partial charge in [-0.25, -0.2) is 0 Å². The topological polar surface area (TPSA) is 75.4 Å². The molecule has 2 fully saturated rings. The molecule has 5 nitrogen and oxygen atoms in total. The fourth-order valence-corrected chi connectivity index (χ4v) is 3.59. The highest BCUT2D eigenvalue weighted by Gasteiger charge is 2.27. The van der Waals surface area contributed by atoms with Gasteiger partial charge < -0.3 is 16.0 Å². The number of nitrogens with one attached hydrogen (secondary N) is 1. The highest BCUT2D eigenvalue weighted by molar-refractivity contribution is 5.85. The number of nitrogens with zero attached hydrogens (tertiary/aromatic N) is 1. The van der Waals surface area contributed by atoms with Gasteiger partial charge in [0.1, 0.15) is 0 Å². The molecule has 2 aliphatic rings. The number of nitrogens with two attached hydrogens (primary N) is 1. The average Bonchev–Trinajstić information content (AvgIpc) is 2.53. The van der Waals surface area contributed by atoms with Gasteiger partial charge in [-0.05, 0) is 51.0 Å². The minimum absolute atomic E-state index is 0.0575. The van der Waals surface area contributed by atoms with Crippen LogP contribution in [0.15, 0.2) is 0 Å². The van der Waals surface area contributed by atoms with Crippen molar-refractivity contribution in [3.05, 3.63) is 0 Å². The molecule has 0 spiro atoms. The van der Waals surface area contributed by atoms with Crippen molar-refractivity contribution in [2.45, 2.75) is 51.4 Å². The second-order valence-corrected chi connectivity index (χ2v) is 6.47. The molecular formula is C16H29N3O2. The predicted molar refractivity (Wildman–Crippen MR) is 82.6 cm³/mol. The number of hydrogen-bond donors (Lipinski definition) is 2. The normalized spacial score (nSPS) is 26.4. The molecule has 0 aromatic rings. The standard InChI is InChI=1S/C16H29N3O2/c17-8-7-13-5-4-6-14(11-13)16(21)18-12-15(20)19-9-2-1-3-10-19/h13-14H,1-12,17H2,(H,18,21). The molecule has 0 aromatic carbocycles. The number of carbonyl (C=O) groups is 2. The van der Waals surface area contributed by atoms with Crippen LogP contribution < -0.4 is 11.1 Å². The lowest BCUT2D eigenvalue weighted by molar-refractivity contribution is -0.135. The van der Waals surface area contributed by atoms with Crippen LogP contribution in [-0.4, -0.2) is 42.9 Å². The zero-order chi connectivity index (χ0) is 15.1. The molecule has 21 heavy (non-hydrogen) atoms. The van der Waals surface area contributed by atoms with E-state index in [0.29, 0.717) is 12.5 Å². The Bertz CT molecular complexity index is 351. The van der Waals surface area contributed by atoms with Crippen molar-refractivity contribution >= 4 is 11.8 Å². The second kappa shape index (κ2) is 8.37. The van der Waals surface area contributed by atoms with Crippen molar-refractivity contribution < 1.29 is 9.59 Å². The van der Waals surface area contributed by atoms with Gasteiger partial charge in [-0.2, -0.15) is 0 Å². The molecule has 0 aromatic heterocycles. The number of amides is 2. The van der Waals surface area contributed by atoms with E-state index < -0.39 is 0 Å². The summed E-state index contributed by atoms with van der Waals surface area (Å²) in [5, 5.41) is 2.85. The molecule has 1 saturated carbocycles. The van der Waals surface area contributed by atoms with Gasteiger partial charge in [0, 0.05) is 19.0 Å². The third kappa shape index (κ3) is 4.99. The van der Waals surface area contributed by atoms with Crippen molar-refractivity contribution in [2.75, 3.05) is 26.2 Å². The summed E-state index contributed by atoms with van der Waals surface area (Å²) in [5.74, 6) is 0.779. The van der Waals surface area contributed by atoms with Gasteiger partial charge in [0.05, 0.1) is 6.54 Å². The Morgan fingerprint density at radius 3 is 2.57 bits per heavy atom. The number of rotatable bonds is 5. The summed E-state index contributed by atoms with van der Waals surface area (Å²) in [5.41, 5.74) is 5.61. The molecule has 2 atom stereocenters. The monoisotopic (exact) mass is 295 g/mol. The average molecular weight is 295 g/mol. The molecule has 1 heterocycles. The Morgan fingerprint density at radius 1 is 1.10 bits per heavy atom. The van der Waals surface area contributed by atoms with Crippen LogP contribution in [0, 0.1) is 11.8 Å². The molecule has 1 aliphatic heterocycles. The molecule has 1 aliphatic carbocycles. The van der Waals surface area contributed by atoms with Crippen LogP contribution in [0.5, 0.6) is 0 Å². The fourth-order valence-electron chi connectivity index (χ4n) is 3.59. The number of likely N-dealkylation sites (tertiary alicyclic amines) is 1. The van der Waals surface area contributed by atoms with Crippen LogP contribution in [-0.2, 0) is 9.59 Å². The smallest absolute Gasteiger partial charge is 0.241 e. The number of piperidine rings is 1. The van der Waals surface area contributed by atoms with Crippen LogP contribution in [0.2, 0.25) is 0 Å². The summed E-state index contributed by atoms with van der Waals surface area (Å²) in [4.78, 5) is 26.1. The van der Waals surface area contributed by atoms with Gasteiger partial charge in [0.2, 0.25) is 11.8 Å². The first kappa shape index (κ1) is 16.3. The lowest BCUT2D eigenvalue weighted by Gasteiger charge is -2.29. The molecule has 0 radical (unpaired) electrons. The summed E-state index contributed by atoms with van der Waals surface area (Å²) in [6.07, 6.45) is 8.56. The lowest BCUT2D eigenvalue weighted by atomic mass is 9.79. The van der Waals surface area contributed by atoms with Crippen molar-refractivity contribution in [1.29, 1.82) is 0 Å². The first-order valence-electron chi connectivity index (χ1n) is 8.46. The predicted octanol–water partition coefficient (Wildman–Crippen LogP) is 1.27. The molecule has 2 rings (SSSR count). The molecular weight excluding hydrogens is 266 g/mol. The van der Waals surface area contributed by atoms with E-state index in [9.17, 15) is 9.59 Å². The van der Waals surface area contributed by atoms with Crippen LogP contribution in [0.1, 0.15) is 51.4 Å². The van der Waals surface area contributed by atoms with E-state index in [1.165, 1.54) is 12.8 Å². The zero-order valence-corrected chi connectivity index (χ0v) is 13.0. The highest BCUT2D eigenvalue weighted by atomic mass is 16.2. The fraction of sp³-hybridized carbons (Fsp3) is 0.875. The molecule has 0 bridgehead atoms. The second-order valence-electron chi connectivity index (χ2n) is 6.47. The summed E-state index contributed by atoms with van der Waals surface area (Å²) in [6, 6.07) is 0. The van der Waals surface area contributed by atoms with E-state index in [2.05, 4.69) is 5.32 Å². The van der Waals surface area contributed by atoms with Crippen molar-refractivity contribution in [3.63, 3.8) is 0 Å². The maximum absolute atomic E-state index is 12.2. The first-order chi connectivity index (χ1) is 10.2. The Balaban J connectivity index is 1.72. The Hall–Kier alpha value is -1.10. The van der Waals surface area contributed by atoms with E-state index in [1.54, 1.807) is 0 Å². The molecule has 2 amide bonds. The first-order valence-corrected chi connectivity index (χ1v) is 8.46. The van der Waals surface area contributed by atoms with E-state index in [1.807, 2.05) is 4.90 Å². The van der Waals surface area contributed by atoms with Gasteiger partial charge >= 0.3 is 0 Å². The summed E-state index contributed by atoms with van der Waals surface area (Å²) in [7, 11) is 0. The molecule has 3 N–H and O–H groups in total. The molecule has 1 saturated heterocycles. The Labute approximate surface area is 127 Å². The van der Waals surface area contributed by atoms with Crippen LogP contribution in [0.4, 0.5) is 0 Å². The minimum Gasteiger partial charge on any atom is -0.347 e. The SMILES string of the molecule is NCCC1CCCC(C(=O)NCC(=O)N2CCCCC2)C1. The molecule has 120 valence electrons. The minimum atomic E-state index is 0.0575. The summed E-state index contributed by atoms with van der Waals surface area (Å²) >= 11 is 0. The van der Waals surface area contributed by atoms with Crippen molar-refractivity contribution in [3.8, 4) is 0 Å². The van der Waals surface area contributed by atoms with Crippen LogP contribution in [0.3, 0.4) is 0 Å². The quantitative estimate of drug-likeness (QED) is 0.802. The maximum Gasteiger partial charge on any atom is 0.241 e. The van der Waals surface area contributed by atoms with Gasteiger partial charge in [0.25, 0.3) is 0 Å². The Morgan fingerprint density at radius 2 is 1.86 bits per heavy atom. The third-order valence-electron chi connectivity index (χ3n) is 4.85. The molecule has 2 unspecified atom stereocenters. The Kier molecular flexibility index (Phi) is 6.49. The zero-order valence-electron chi connectivity index (χ0n) is 13.0. The van der Waals surface area contributed by atoms with E-state index in [-0.39, 0.29) is 24.3 Å². The van der Waals surface area contributed by atoms with E-state index in [0.717, 1.165) is 51.6 Å². The third-order valence-corrected chi connectivity index (χ3v) is 4.85. The lowest BCUT2D eigenvalue weighted by Crippen LogP contribution is -2.44. The van der Waals surface area contributed by atoms with Gasteiger partial charge in [0.15, 0.2) is 0 Å². The molecule has 5 heteroatoms. The maximum atomic E-state index is 12.2. The largest absolute Gasteiger partial charge is 0.347 e. The highest BCUT2D eigenvalue weighted by Crippen LogP contribution is 2.30. The van der Waals surface area contributed by atoms with E-state index in [4.69, 9.17) is 5.73 Å². The summed E-state index contributed by atoms with van der Waals surface area (Å²) < 4.78 is 0. The van der Waals surface area contributed by atoms with Crippen molar-refractivity contribution in [2.24, 2.45) is 17.6 Å². The van der Waals surface area contributed by atoms with E-state index >= 15 is 0 Å². The van der Waals surface area contributed by atoms with Gasteiger partial charge in [-0.3, -0.25) is 9.59 Å². The van der Waals surface area contributed by atoms with Gasteiger partial charge in [-0.1, -0.05) is 12.8 Å². The number of hydrogen-bond acceptors (Lipinski definition) is 3. The number of carbonyl (C=O) groups excluding carboxylic acids is 2. The van der Waals surface area contributed by atoms with Crippen LogP contribution in [0.25, 0.3) is 0 Å². The van der Waals surface area contributed by atoms with Crippen molar-refractivity contribution in [1.82, 2.24) is 10.2 Å².